The number of phenols is 2. The van der Waals surface area contributed by atoms with E-state index >= 15 is 0 Å². The lowest BCUT2D eigenvalue weighted by Gasteiger charge is -2.48. The van der Waals surface area contributed by atoms with Crippen LogP contribution in [0, 0.1) is 13.8 Å². The average Bonchev–Trinajstić information content (AvgIpc) is 3.00. The molecule has 1 unspecified atom stereocenters. The van der Waals surface area contributed by atoms with Gasteiger partial charge >= 0.3 is 0 Å². The van der Waals surface area contributed by atoms with Crippen LogP contribution < -0.4 is 18.9 Å². The molecule has 0 spiro atoms. The Kier molecular flexibility index (Phi) is 7.43. The molecule has 2 aromatic rings. The molecule has 2 heterocycles. The molecular weight excluding hydrogens is 476 g/mol. The van der Waals surface area contributed by atoms with Crippen LogP contribution in [0.25, 0.3) is 0 Å². The Bertz CT molecular complexity index is 1200. The van der Waals surface area contributed by atoms with E-state index in [2.05, 4.69) is 16.7 Å². The molecule has 0 aliphatic carbocycles. The highest BCUT2D eigenvalue weighted by atomic mass is 16.5. The first-order chi connectivity index (χ1) is 17.6. The second-order valence-electron chi connectivity index (χ2n) is 10.2. The molecule has 3 N–H and O–H groups in total. The molecule has 0 aromatic heterocycles. The van der Waals surface area contributed by atoms with Gasteiger partial charge in [0.25, 0.3) is 0 Å². The number of aromatic hydroxyl groups is 2. The predicted molar refractivity (Wildman–Crippen MR) is 141 cm³/mol. The molecule has 2 aliphatic rings. The monoisotopic (exact) mass is 516 g/mol. The predicted octanol–water partition coefficient (Wildman–Crippen LogP) is 3.26. The quantitative estimate of drug-likeness (QED) is 0.534. The molecule has 2 aliphatic heterocycles. The largest absolute Gasteiger partial charge is 0.507 e. The summed E-state index contributed by atoms with van der Waals surface area (Å²) in [5.74, 6) is 2.18. The fourth-order valence-electron chi connectivity index (χ4n) is 6.74. The van der Waals surface area contributed by atoms with E-state index in [1.807, 2.05) is 21.0 Å². The Morgan fingerprint density at radius 2 is 1.38 bits per heavy atom. The molecule has 0 bridgehead atoms. The molecule has 37 heavy (non-hydrogen) atoms. The van der Waals surface area contributed by atoms with Crippen molar-refractivity contribution in [1.29, 1.82) is 0 Å². The van der Waals surface area contributed by atoms with Crippen molar-refractivity contribution >= 4 is 0 Å². The molecule has 0 saturated carbocycles. The fourth-order valence-corrected chi connectivity index (χ4v) is 6.74. The van der Waals surface area contributed by atoms with Crippen LogP contribution in [0.15, 0.2) is 0 Å². The summed E-state index contributed by atoms with van der Waals surface area (Å²) >= 11 is 0. The number of methoxy groups -OCH3 is 4. The van der Waals surface area contributed by atoms with Crippen LogP contribution in [0.1, 0.15) is 52.4 Å². The summed E-state index contributed by atoms with van der Waals surface area (Å²) in [5.41, 5.74) is 4.30. The van der Waals surface area contributed by atoms with E-state index < -0.39 is 6.04 Å². The molecule has 4 atom stereocenters. The van der Waals surface area contributed by atoms with Crippen molar-refractivity contribution in [2.24, 2.45) is 0 Å². The van der Waals surface area contributed by atoms with E-state index in [1.165, 1.54) is 7.11 Å². The van der Waals surface area contributed by atoms with Crippen molar-refractivity contribution in [3.8, 4) is 34.5 Å². The van der Waals surface area contributed by atoms with Gasteiger partial charge in [0.15, 0.2) is 23.0 Å². The highest BCUT2D eigenvalue weighted by Crippen LogP contribution is 2.57. The Morgan fingerprint density at radius 1 is 0.784 bits per heavy atom. The zero-order valence-electron chi connectivity index (χ0n) is 23.3. The molecule has 9 nitrogen and oxygen atoms in total. The fraction of sp³-hybridized carbons (Fsp3) is 0.571. The van der Waals surface area contributed by atoms with Gasteiger partial charge in [0.1, 0.15) is 11.5 Å². The number of aliphatic hydroxyl groups is 1. The van der Waals surface area contributed by atoms with Crippen LogP contribution in [0.5, 0.6) is 34.5 Å². The Hall–Kier alpha value is -2.88. The average molecular weight is 517 g/mol. The topological polar surface area (TPSA) is 104 Å². The number of nitrogens with zero attached hydrogens (tertiary/aromatic N) is 2. The Labute approximate surface area is 219 Å². The normalized spacial score (nSPS) is 23.1. The minimum absolute atomic E-state index is 0.0346. The van der Waals surface area contributed by atoms with E-state index in [9.17, 15) is 15.3 Å². The number of hydrogen-bond acceptors (Lipinski definition) is 9. The molecule has 0 saturated heterocycles. The van der Waals surface area contributed by atoms with Crippen LogP contribution >= 0.6 is 0 Å². The number of likely N-dealkylation sites (N-methyl/N-ethyl adjacent to an activating group) is 1. The first-order valence-electron chi connectivity index (χ1n) is 12.6. The number of rotatable bonds is 6. The molecule has 4 rings (SSSR count). The third kappa shape index (κ3) is 3.86. The highest BCUT2D eigenvalue weighted by Gasteiger charge is 2.48. The first-order valence-corrected chi connectivity index (χ1v) is 12.6. The van der Waals surface area contributed by atoms with Crippen LogP contribution in [0.2, 0.25) is 0 Å². The van der Waals surface area contributed by atoms with Crippen molar-refractivity contribution in [3.05, 3.63) is 33.4 Å². The second kappa shape index (κ2) is 10.1. The summed E-state index contributed by atoms with van der Waals surface area (Å²) in [6, 6.07) is -0.906. The van der Waals surface area contributed by atoms with Gasteiger partial charge in [-0.2, -0.15) is 0 Å². The van der Waals surface area contributed by atoms with E-state index in [0.717, 1.165) is 11.1 Å². The zero-order valence-corrected chi connectivity index (χ0v) is 23.3. The lowest BCUT2D eigenvalue weighted by Crippen LogP contribution is -2.52. The molecule has 204 valence electrons. The number of aliphatic hydroxyl groups excluding tert-OH is 1. The van der Waals surface area contributed by atoms with Gasteiger partial charge in [0, 0.05) is 51.5 Å². The second-order valence-corrected chi connectivity index (χ2v) is 10.2. The van der Waals surface area contributed by atoms with Crippen molar-refractivity contribution < 1.29 is 34.3 Å². The lowest BCUT2D eigenvalue weighted by molar-refractivity contribution is 0.00712. The summed E-state index contributed by atoms with van der Waals surface area (Å²) in [7, 11) is 10.4. The molecule has 9 heteroatoms. The molecular formula is C28H40N2O7. The standard InChI is InChI=1S/C28H40N2O7/c1-13-23(32)16-10-19-21-17(25(34-6)14(2)26(35-7)24(21)33)11-18(29(4)5)15(3)30(19)20(12-31)22(16)28(37-9)27(13)36-8/h15,18-20,31-33H,10-12H2,1-9H3/t15-,18?,19-,20-/m0/s1. The zero-order chi connectivity index (χ0) is 27.3. The van der Waals surface area contributed by atoms with Crippen molar-refractivity contribution in [1.82, 2.24) is 9.80 Å². The molecule has 2 aromatic carbocycles. The number of phenolic OH excluding ortho intramolecular Hbond substituents is 2. The van der Waals surface area contributed by atoms with Crippen molar-refractivity contribution in [3.63, 3.8) is 0 Å². The summed E-state index contributed by atoms with van der Waals surface area (Å²) in [5, 5.41) is 33.9. The van der Waals surface area contributed by atoms with Crippen LogP contribution in [0.4, 0.5) is 0 Å². The lowest BCUT2D eigenvalue weighted by atomic mass is 9.81. The smallest absolute Gasteiger partial charge is 0.167 e. The molecule has 0 radical (unpaired) electrons. The highest BCUT2D eigenvalue weighted by molar-refractivity contribution is 5.67. The minimum atomic E-state index is -0.523. The van der Waals surface area contributed by atoms with E-state index in [4.69, 9.17) is 18.9 Å². The maximum absolute atomic E-state index is 11.6. The number of fused-ring (bicyclic) bond motifs is 4. The number of ether oxygens (including phenoxy) is 4. The molecule has 0 amide bonds. The Balaban J connectivity index is 2.12. The van der Waals surface area contributed by atoms with Crippen molar-refractivity contribution in [2.45, 2.75) is 57.8 Å². The van der Waals surface area contributed by atoms with Gasteiger partial charge in [-0.05, 0) is 47.7 Å². The maximum Gasteiger partial charge on any atom is 0.167 e. The third-order valence-electron chi connectivity index (χ3n) is 8.39. The van der Waals surface area contributed by atoms with Gasteiger partial charge in [-0.25, -0.2) is 0 Å². The van der Waals surface area contributed by atoms with Crippen LogP contribution in [0.3, 0.4) is 0 Å². The van der Waals surface area contributed by atoms with Gasteiger partial charge in [-0.15, -0.1) is 0 Å². The van der Waals surface area contributed by atoms with Crippen LogP contribution in [-0.4, -0.2) is 86.3 Å². The number of hydrogen-bond donors (Lipinski definition) is 3. The SMILES string of the molecule is COc1c(C)c(OC)c2c(c1O)[C@@H]1Cc3c(O)c(C)c(OC)c(OC)c3[C@H](CO)N1[C@@H](C)C(N(C)C)C2. The molecule has 0 fully saturated rings. The van der Waals surface area contributed by atoms with Gasteiger partial charge in [0.05, 0.1) is 41.1 Å². The minimum Gasteiger partial charge on any atom is -0.507 e. The van der Waals surface area contributed by atoms with Gasteiger partial charge in [-0.3, -0.25) is 4.90 Å². The van der Waals surface area contributed by atoms with Gasteiger partial charge in [0.2, 0.25) is 0 Å². The summed E-state index contributed by atoms with van der Waals surface area (Å²) in [6.45, 7) is 5.60. The van der Waals surface area contributed by atoms with Gasteiger partial charge in [-0.1, -0.05) is 0 Å². The van der Waals surface area contributed by atoms with E-state index in [-0.39, 0.29) is 36.2 Å². The Morgan fingerprint density at radius 3 is 1.89 bits per heavy atom. The number of benzene rings is 2. The maximum atomic E-state index is 11.6. The third-order valence-corrected chi connectivity index (χ3v) is 8.39. The van der Waals surface area contributed by atoms with E-state index in [0.29, 0.717) is 58.1 Å². The summed E-state index contributed by atoms with van der Waals surface area (Å²) < 4.78 is 23.0. The van der Waals surface area contributed by atoms with Crippen molar-refractivity contribution in [2.75, 3.05) is 49.1 Å². The van der Waals surface area contributed by atoms with Crippen LogP contribution in [-0.2, 0) is 12.8 Å². The van der Waals surface area contributed by atoms with Gasteiger partial charge < -0.3 is 39.2 Å². The summed E-state index contributed by atoms with van der Waals surface area (Å²) in [4.78, 5) is 4.41. The van der Waals surface area contributed by atoms with E-state index in [1.54, 1.807) is 28.3 Å². The summed E-state index contributed by atoms with van der Waals surface area (Å²) in [6.07, 6.45) is 1.01. The first kappa shape index (κ1) is 27.2.